The number of nitrogens with zero attached hydrogens (tertiary/aromatic N) is 2. The Balaban J connectivity index is 2.75. The molecule has 1 N–H and O–H groups in total. The second-order valence-electron chi connectivity index (χ2n) is 5.04. The molecule has 0 radical (unpaired) electrons. The van der Waals surface area contributed by atoms with E-state index in [1.54, 1.807) is 0 Å². The number of aromatic nitrogens is 2. The third kappa shape index (κ3) is 4.05. The standard InChI is InChI=1S/C15H27N3/c1-6-9-16-10-8-14-12(4)17-15(11(3)7-2)18-13(14)5/h11,16H,6-10H2,1-5H3. The maximum absolute atomic E-state index is 4.66. The third-order valence-electron chi connectivity index (χ3n) is 3.47. The van der Waals surface area contributed by atoms with Crippen LogP contribution >= 0.6 is 0 Å². The molecule has 0 fully saturated rings. The molecule has 1 unspecified atom stereocenters. The second kappa shape index (κ2) is 7.47. The van der Waals surface area contributed by atoms with E-state index in [-0.39, 0.29) is 0 Å². The van der Waals surface area contributed by atoms with Crippen molar-refractivity contribution in [2.75, 3.05) is 13.1 Å². The number of nitrogens with one attached hydrogen (secondary N) is 1. The summed E-state index contributed by atoms with van der Waals surface area (Å²) in [6, 6.07) is 0. The van der Waals surface area contributed by atoms with Crippen LogP contribution in [-0.2, 0) is 6.42 Å². The van der Waals surface area contributed by atoms with Gasteiger partial charge in [-0.25, -0.2) is 9.97 Å². The fraction of sp³-hybridized carbons (Fsp3) is 0.733. The first kappa shape index (κ1) is 15.1. The van der Waals surface area contributed by atoms with Crippen LogP contribution in [-0.4, -0.2) is 23.1 Å². The van der Waals surface area contributed by atoms with E-state index in [4.69, 9.17) is 0 Å². The summed E-state index contributed by atoms with van der Waals surface area (Å²) in [6.07, 6.45) is 3.30. The second-order valence-corrected chi connectivity index (χ2v) is 5.04. The van der Waals surface area contributed by atoms with Gasteiger partial charge in [0.1, 0.15) is 5.82 Å². The lowest BCUT2D eigenvalue weighted by Gasteiger charge is -2.14. The fourth-order valence-corrected chi connectivity index (χ4v) is 2.05. The molecule has 0 spiro atoms. The lowest BCUT2D eigenvalue weighted by atomic mass is 10.1. The molecule has 1 aromatic heterocycles. The van der Waals surface area contributed by atoms with Crippen molar-refractivity contribution >= 4 is 0 Å². The molecular weight excluding hydrogens is 222 g/mol. The van der Waals surface area contributed by atoms with Crippen LogP contribution in [0.3, 0.4) is 0 Å². The summed E-state index contributed by atoms with van der Waals surface area (Å²) in [6.45, 7) is 12.9. The molecule has 3 nitrogen and oxygen atoms in total. The van der Waals surface area contributed by atoms with Crippen molar-refractivity contribution in [1.82, 2.24) is 15.3 Å². The Kier molecular flexibility index (Phi) is 6.27. The highest BCUT2D eigenvalue weighted by Gasteiger charge is 2.11. The molecule has 1 heterocycles. The quantitative estimate of drug-likeness (QED) is 0.754. The topological polar surface area (TPSA) is 37.8 Å². The van der Waals surface area contributed by atoms with Crippen molar-refractivity contribution < 1.29 is 0 Å². The molecule has 0 bridgehead atoms. The van der Waals surface area contributed by atoms with Gasteiger partial charge in [0.15, 0.2) is 0 Å². The number of hydrogen-bond donors (Lipinski definition) is 1. The zero-order chi connectivity index (χ0) is 13.5. The molecule has 0 saturated heterocycles. The van der Waals surface area contributed by atoms with E-state index in [0.717, 1.165) is 43.1 Å². The smallest absolute Gasteiger partial charge is 0.131 e. The number of hydrogen-bond acceptors (Lipinski definition) is 3. The zero-order valence-corrected chi connectivity index (χ0v) is 12.5. The molecule has 0 aliphatic heterocycles. The minimum absolute atomic E-state index is 0.453. The molecule has 1 rings (SSSR count). The summed E-state index contributed by atoms with van der Waals surface area (Å²) in [5.74, 6) is 1.45. The molecular formula is C15H27N3. The van der Waals surface area contributed by atoms with Gasteiger partial charge in [0.2, 0.25) is 0 Å². The van der Waals surface area contributed by atoms with Crippen LogP contribution in [0.4, 0.5) is 0 Å². The molecule has 3 heteroatoms. The van der Waals surface area contributed by atoms with Crippen molar-refractivity contribution in [3.8, 4) is 0 Å². The van der Waals surface area contributed by atoms with Crippen LogP contribution < -0.4 is 5.32 Å². The van der Waals surface area contributed by atoms with Crippen LogP contribution in [0.5, 0.6) is 0 Å². The first-order valence-corrected chi connectivity index (χ1v) is 7.14. The van der Waals surface area contributed by atoms with Gasteiger partial charge in [-0.1, -0.05) is 20.8 Å². The average Bonchev–Trinajstić information content (AvgIpc) is 2.35. The Morgan fingerprint density at radius 1 is 1.06 bits per heavy atom. The third-order valence-corrected chi connectivity index (χ3v) is 3.47. The maximum Gasteiger partial charge on any atom is 0.131 e. The van der Waals surface area contributed by atoms with E-state index < -0.39 is 0 Å². The Bertz CT molecular complexity index is 351. The molecule has 18 heavy (non-hydrogen) atoms. The Labute approximate surface area is 111 Å². The van der Waals surface area contributed by atoms with E-state index in [2.05, 4.69) is 49.9 Å². The summed E-state index contributed by atoms with van der Waals surface area (Å²) in [4.78, 5) is 9.33. The van der Waals surface area contributed by atoms with E-state index >= 15 is 0 Å². The van der Waals surface area contributed by atoms with Crippen LogP contribution in [0.2, 0.25) is 0 Å². The zero-order valence-electron chi connectivity index (χ0n) is 12.5. The molecule has 0 amide bonds. The molecule has 1 atom stereocenters. The number of rotatable bonds is 7. The van der Waals surface area contributed by atoms with Crippen LogP contribution in [0, 0.1) is 13.8 Å². The lowest BCUT2D eigenvalue weighted by molar-refractivity contribution is 0.648. The van der Waals surface area contributed by atoms with Crippen molar-refractivity contribution in [3.05, 3.63) is 22.8 Å². The summed E-state index contributed by atoms with van der Waals surface area (Å²) in [7, 11) is 0. The Morgan fingerprint density at radius 3 is 2.17 bits per heavy atom. The molecule has 1 aromatic rings. The summed E-state index contributed by atoms with van der Waals surface area (Å²) < 4.78 is 0. The first-order valence-electron chi connectivity index (χ1n) is 7.14. The van der Waals surface area contributed by atoms with Crippen molar-refractivity contribution in [3.63, 3.8) is 0 Å². The average molecular weight is 249 g/mol. The summed E-state index contributed by atoms with van der Waals surface area (Å²) >= 11 is 0. The fourth-order valence-electron chi connectivity index (χ4n) is 2.05. The highest BCUT2D eigenvalue weighted by Crippen LogP contribution is 2.18. The number of aryl methyl sites for hydroxylation is 2. The largest absolute Gasteiger partial charge is 0.316 e. The minimum atomic E-state index is 0.453. The van der Waals surface area contributed by atoms with Gasteiger partial charge in [-0.05, 0) is 51.8 Å². The molecule has 102 valence electrons. The van der Waals surface area contributed by atoms with Gasteiger partial charge in [-0.2, -0.15) is 0 Å². The van der Waals surface area contributed by atoms with Gasteiger partial charge in [0.25, 0.3) is 0 Å². The highest BCUT2D eigenvalue weighted by molar-refractivity contribution is 5.25. The van der Waals surface area contributed by atoms with Gasteiger partial charge in [-0.15, -0.1) is 0 Å². The maximum atomic E-state index is 4.66. The van der Waals surface area contributed by atoms with Gasteiger partial charge in [-0.3, -0.25) is 0 Å². The molecule has 0 saturated carbocycles. The van der Waals surface area contributed by atoms with Crippen LogP contribution in [0.1, 0.15) is 62.3 Å². The normalized spacial score (nSPS) is 12.7. The van der Waals surface area contributed by atoms with Crippen LogP contribution in [0.25, 0.3) is 0 Å². The van der Waals surface area contributed by atoms with Crippen molar-refractivity contribution in [2.24, 2.45) is 0 Å². The van der Waals surface area contributed by atoms with E-state index in [1.807, 2.05) is 0 Å². The molecule has 0 aliphatic rings. The predicted octanol–water partition coefficient (Wildman–Crippen LogP) is 3.15. The Hall–Kier alpha value is -0.960. The highest BCUT2D eigenvalue weighted by atomic mass is 14.9. The summed E-state index contributed by atoms with van der Waals surface area (Å²) in [5, 5.41) is 3.43. The van der Waals surface area contributed by atoms with Crippen LogP contribution in [0.15, 0.2) is 0 Å². The van der Waals surface area contributed by atoms with Gasteiger partial charge >= 0.3 is 0 Å². The van der Waals surface area contributed by atoms with Crippen molar-refractivity contribution in [2.45, 2.75) is 59.8 Å². The molecule has 0 aliphatic carbocycles. The Morgan fingerprint density at radius 2 is 1.67 bits per heavy atom. The SMILES string of the molecule is CCCNCCc1c(C)nc(C(C)CC)nc1C. The van der Waals surface area contributed by atoms with Gasteiger partial charge in [0.05, 0.1) is 0 Å². The lowest BCUT2D eigenvalue weighted by Crippen LogP contribution is -2.19. The van der Waals surface area contributed by atoms with Crippen molar-refractivity contribution in [1.29, 1.82) is 0 Å². The first-order chi connectivity index (χ1) is 8.60. The minimum Gasteiger partial charge on any atom is -0.316 e. The van der Waals surface area contributed by atoms with E-state index in [1.165, 1.54) is 12.0 Å². The predicted molar refractivity (Wildman–Crippen MR) is 77.1 cm³/mol. The van der Waals surface area contributed by atoms with E-state index in [9.17, 15) is 0 Å². The molecule has 0 aromatic carbocycles. The van der Waals surface area contributed by atoms with Gasteiger partial charge < -0.3 is 5.32 Å². The monoisotopic (exact) mass is 249 g/mol. The summed E-state index contributed by atoms with van der Waals surface area (Å²) in [5.41, 5.74) is 3.61. The van der Waals surface area contributed by atoms with Gasteiger partial charge in [0, 0.05) is 17.3 Å². The van der Waals surface area contributed by atoms with E-state index in [0.29, 0.717) is 5.92 Å².